The molecule has 0 radical (unpaired) electrons. The summed E-state index contributed by atoms with van der Waals surface area (Å²) in [6.07, 6.45) is 0.103. The summed E-state index contributed by atoms with van der Waals surface area (Å²) in [6, 6.07) is 12.2. The number of hydrogen-bond donors (Lipinski definition) is 1. The van der Waals surface area contributed by atoms with Gasteiger partial charge in [0.05, 0.1) is 6.10 Å². The molecular formula is C17H17Cl2NO2. The van der Waals surface area contributed by atoms with Gasteiger partial charge < -0.3 is 10.1 Å². The number of ether oxygens (including phenoxy) is 1. The highest BCUT2D eigenvalue weighted by atomic mass is 35.5. The van der Waals surface area contributed by atoms with Gasteiger partial charge in [0.25, 0.3) is 5.91 Å². The van der Waals surface area contributed by atoms with E-state index in [0.29, 0.717) is 22.2 Å². The number of carbonyl (C=O) groups excluding carboxylic acids is 1. The van der Waals surface area contributed by atoms with Crippen LogP contribution in [0.4, 0.5) is 0 Å². The molecule has 22 heavy (non-hydrogen) atoms. The van der Waals surface area contributed by atoms with Gasteiger partial charge in [0.15, 0.2) is 0 Å². The average molecular weight is 338 g/mol. The van der Waals surface area contributed by atoms with E-state index in [1.54, 1.807) is 42.5 Å². The van der Waals surface area contributed by atoms with Crippen LogP contribution in [0.1, 0.15) is 29.8 Å². The molecule has 3 nitrogen and oxygen atoms in total. The van der Waals surface area contributed by atoms with Crippen molar-refractivity contribution in [1.82, 2.24) is 5.32 Å². The molecule has 1 amide bonds. The number of carbonyl (C=O) groups is 1. The van der Waals surface area contributed by atoms with Gasteiger partial charge in [0, 0.05) is 22.2 Å². The molecule has 116 valence electrons. The van der Waals surface area contributed by atoms with Crippen molar-refractivity contribution >= 4 is 29.1 Å². The first kappa shape index (κ1) is 16.7. The Bertz CT molecular complexity index is 654. The van der Waals surface area contributed by atoms with Crippen molar-refractivity contribution in [2.45, 2.75) is 26.5 Å². The van der Waals surface area contributed by atoms with Gasteiger partial charge in [-0.3, -0.25) is 4.79 Å². The van der Waals surface area contributed by atoms with Gasteiger partial charge in [0.2, 0.25) is 0 Å². The van der Waals surface area contributed by atoms with E-state index in [-0.39, 0.29) is 12.0 Å². The summed E-state index contributed by atoms with van der Waals surface area (Å²) < 4.78 is 5.54. The number of halogens is 2. The predicted octanol–water partition coefficient (Wildman–Crippen LogP) is 4.71. The van der Waals surface area contributed by atoms with Gasteiger partial charge in [-0.2, -0.15) is 0 Å². The summed E-state index contributed by atoms with van der Waals surface area (Å²) in [4.78, 5) is 12.1. The maximum atomic E-state index is 12.1. The van der Waals surface area contributed by atoms with Gasteiger partial charge in [-0.1, -0.05) is 29.3 Å². The van der Waals surface area contributed by atoms with Crippen LogP contribution in [-0.2, 0) is 6.54 Å². The molecule has 0 aliphatic rings. The second-order valence-electron chi connectivity index (χ2n) is 5.11. The Hall–Kier alpha value is -1.71. The number of nitrogens with one attached hydrogen (secondary N) is 1. The normalized spacial score (nSPS) is 10.6. The van der Waals surface area contributed by atoms with Gasteiger partial charge in [-0.05, 0) is 55.8 Å². The Labute approximate surface area is 140 Å². The first-order valence-electron chi connectivity index (χ1n) is 6.94. The largest absolute Gasteiger partial charge is 0.491 e. The van der Waals surface area contributed by atoms with Crippen molar-refractivity contribution in [2.24, 2.45) is 0 Å². The van der Waals surface area contributed by atoms with E-state index in [0.717, 1.165) is 11.3 Å². The highest BCUT2D eigenvalue weighted by Crippen LogP contribution is 2.21. The minimum absolute atomic E-state index is 0.103. The second-order valence-corrected chi connectivity index (χ2v) is 5.95. The Morgan fingerprint density at radius 1 is 1.14 bits per heavy atom. The lowest BCUT2D eigenvalue weighted by atomic mass is 10.2. The smallest absolute Gasteiger partial charge is 0.251 e. The summed E-state index contributed by atoms with van der Waals surface area (Å²) in [5.74, 6) is 0.578. The lowest BCUT2D eigenvalue weighted by Gasteiger charge is -2.10. The van der Waals surface area contributed by atoms with Crippen LogP contribution < -0.4 is 10.1 Å². The first-order valence-corrected chi connectivity index (χ1v) is 7.70. The zero-order chi connectivity index (χ0) is 16.1. The third-order valence-corrected chi connectivity index (χ3v) is 3.53. The summed E-state index contributed by atoms with van der Waals surface area (Å²) in [6.45, 7) is 4.26. The van der Waals surface area contributed by atoms with E-state index in [1.807, 2.05) is 13.8 Å². The molecule has 0 spiro atoms. The zero-order valence-corrected chi connectivity index (χ0v) is 13.9. The summed E-state index contributed by atoms with van der Waals surface area (Å²) in [5, 5.41) is 3.93. The van der Waals surface area contributed by atoms with Crippen LogP contribution in [0.3, 0.4) is 0 Å². The highest BCUT2D eigenvalue weighted by Gasteiger charge is 2.08. The van der Waals surface area contributed by atoms with Crippen molar-refractivity contribution < 1.29 is 9.53 Å². The van der Waals surface area contributed by atoms with E-state index in [4.69, 9.17) is 27.9 Å². The van der Waals surface area contributed by atoms with Crippen LogP contribution in [0, 0.1) is 0 Å². The number of rotatable bonds is 5. The van der Waals surface area contributed by atoms with Gasteiger partial charge >= 0.3 is 0 Å². The molecule has 0 aliphatic heterocycles. The fraction of sp³-hybridized carbons (Fsp3) is 0.235. The Balaban J connectivity index is 1.97. The van der Waals surface area contributed by atoms with E-state index < -0.39 is 0 Å². The molecule has 1 N–H and O–H groups in total. The zero-order valence-electron chi connectivity index (χ0n) is 12.4. The van der Waals surface area contributed by atoms with Crippen LogP contribution in [0.15, 0.2) is 42.5 Å². The first-order chi connectivity index (χ1) is 10.5. The summed E-state index contributed by atoms with van der Waals surface area (Å²) in [5.41, 5.74) is 1.39. The minimum atomic E-state index is -0.165. The van der Waals surface area contributed by atoms with Gasteiger partial charge in [0.1, 0.15) is 5.75 Å². The van der Waals surface area contributed by atoms with E-state index in [9.17, 15) is 4.79 Å². The van der Waals surface area contributed by atoms with Crippen molar-refractivity contribution in [3.8, 4) is 5.75 Å². The van der Waals surface area contributed by atoms with Crippen LogP contribution in [0.5, 0.6) is 5.75 Å². The Morgan fingerprint density at radius 3 is 2.41 bits per heavy atom. The second kappa shape index (κ2) is 7.52. The number of amides is 1. The molecule has 0 saturated heterocycles. The number of benzene rings is 2. The van der Waals surface area contributed by atoms with Crippen LogP contribution in [-0.4, -0.2) is 12.0 Å². The molecule has 2 aromatic rings. The Morgan fingerprint density at radius 2 is 1.82 bits per heavy atom. The molecule has 0 fully saturated rings. The lowest BCUT2D eigenvalue weighted by molar-refractivity contribution is 0.0951. The predicted molar refractivity (Wildman–Crippen MR) is 89.8 cm³/mol. The van der Waals surface area contributed by atoms with Crippen LogP contribution >= 0.6 is 23.2 Å². The fourth-order valence-corrected chi connectivity index (χ4v) is 2.37. The number of hydrogen-bond acceptors (Lipinski definition) is 2. The van der Waals surface area contributed by atoms with E-state index >= 15 is 0 Å². The van der Waals surface area contributed by atoms with Crippen molar-refractivity contribution in [2.75, 3.05) is 0 Å². The summed E-state index contributed by atoms with van der Waals surface area (Å²) in [7, 11) is 0. The third kappa shape index (κ3) is 4.65. The summed E-state index contributed by atoms with van der Waals surface area (Å²) >= 11 is 11.9. The van der Waals surface area contributed by atoms with Crippen molar-refractivity contribution in [1.29, 1.82) is 0 Å². The fourth-order valence-electron chi connectivity index (χ4n) is 1.90. The quantitative estimate of drug-likeness (QED) is 0.857. The molecule has 0 saturated carbocycles. The molecule has 0 aromatic heterocycles. The Kier molecular flexibility index (Phi) is 5.69. The molecular weight excluding hydrogens is 321 g/mol. The molecule has 0 aliphatic carbocycles. The minimum Gasteiger partial charge on any atom is -0.491 e. The maximum Gasteiger partial charge on any atom is 0.251 e. The van der Waals surface area contributed by atoms with Crippen LogP contribution in [0.25, 0.3) is 0 Å². The van der Waals surface area contributed by atoms with Crippen molar-refractivity contribution in [3.63, 3.8) is 0 Å². The van der Waals surface area contributed by atoms with Crippen LogP contribution in [0.2, 0.25) is 10.0 Å². The van der Waals surface area contributed by atoms with Gasteiger partial charge in [-0.25, -0.2) is 0 Å². The van der Waals surface area contributed by atoms with E-state index in [1.165, 1.54) is 0 Å². The molecule has 0 unspecified atom stereocenters. The molecule has 0 atom stereocenters. The van der Waals surface area contributed by atoms with Gasteiger partial charge in [-0.15, -0.1) is 0 Å². The SMILES string of the molecule is CC(C)Oc1ccc(C(=O)NCc2ccc(Cl)cc2Cl)cc1. The monoisotopic (exact) mass is 337 g/mol. The molecule has 2 rings (SSSR count). The molecule has 5 heteroatoms. The van der Waals surface area contributed by atoms with E-state index in [2.05, 4.69) is 5.32 Å². The lowest BCUT2D eigenvalue weighted by Crippen LogP contribution is -2.22. The standard InChI is InChI=1S/C17H17Cl2NO2/c1-11(2)22-15-7-4-12(5-8-15)17(21)20-10-13-3-6-14(18)9-16(13)19/h3-9,11H,10H2,1-2H3,(H,20,21). The molecule has 2 aromatic carbocycles. The average Bonchev–Trinajstić information content (AvgIpc) is 2.46. The highest BCUT2D eigenvalue weighted by molar-refractivity contribution is 6.35. The van der Waals surface area contributed by atoms with Crippen molar-refractivity contribution in [3.05, 3.63) is 63.6 Å². The maximum absolute atomic E-state index is 12.1. The molecule has 0 heterocycles. The molecule has 0 bridgehead atoms. The topological polar surface area (TPSA) is 38.3 Å². The third-order valence-electron chi connectivity index (χ3n) is 2.94.